The predicted molar refractivity (Wildman–Crippen MR) is 59.3 cm³/mol. The van der Waals surface area contributed by atoms with E-state index in [9.17, 15) is 5.11 Å². The maximum atomic E-state index is 9.44. The van der Waals surface area contributed by atoms with Crippen molar-refractivity contribution in [3.05, 3.63) is 24.3 Å². The minimum absolute atomic E-state index is 0.202. The summed E-state index contributed by atoms with van der Waals surface area (Å²) in [4.78, 5) is 0. The molecule has 1 atom stereocenters. The number of nitrogens with zero attached hydrogens (tertiary/aromatic N) is 1. The van der Waals surface area contributed by atoms with Crippen molar-refractivity contribution in [3.63, 3.8) is 0 Å². The van der Waals surface area contributed by atoms with Gasteiger partial charge in [0.25, 0.3) is 0 Å². The van der Waals surface area contributed by atoms with Crippen molar-refractivity contribution in [2.75, 3.05) is 13.7 Å². The van der Waals surface area contributed by atoms with Gasteiger partial charge in [-0.15, -0.1) is 0 Å². The average Bonchev–Trinajstić information content (AvgIpc) is 2.34. The molecule has 1 N–H and O–H groups in total. The first-order chi connectivity index (χ1) is 7.76. The van der Waals surface area contributed by atoms with Gasteiger partial charge >= 0.3 is 0 Å². The molecule has 0 aliphatic rings. The predicted octanol–water partition coefficient (Wildman–Crippen LogP) is 1.74. The second-order valence-corrected chi connectivity index (χ2v) is 3.34. The molecule has 4 heteroatoms. The third-order valence-electron chi connectivity index (χ3n) is 2.09. The lowest BCUT2D eigenvalue weighted by atomic mass is 10.2. The number of ether oxygens (including phenoxy) is 2. The van der Waals surface area contributed by atoms with Crippen LogP contribution in [0.3, 0.4) is 0 Å². The Kier molecular flexibility index (Phi) is 5.17. The second-order valence-electron chi connectivity index (χ2n) is 3.34. The molecule has 0 amide bonds. The van der Waals surface area contributed by atoms with Crippen molar-refractivity contribution in [2.24, 2.45) is 0 Å². The molecule has 4 nitrogen and oxygen atoms in total. The van der Waals surface area contributed by atoms with Crippen molar-refractivity contribution in [3.8, 4) is 17.6 Å². The first-order valence-electron chi connectivity index (χ1n) is 5.08. The Balaban J connectivity index is 2.34. The third-order valence-corrected chi connectivity index (χ3v) is 2.09. The number of hydrogen-bond acceptors (Lipinski definition) is 4. The van der Waals surface area contributed by atoms with Gasteiger partial charge in [0.05, 0.1) is 19.3 Å². The van der Waals surface area contributed by atoms with Crippen LogP contribution in [0.25, 0.3) is 0 Å². The molecule has 0 heterocycles. The molecular weight excluding hydrogens is 206 g/mol. The maximum absolute atomic E-state index is 9.44. The maximum Gasteiger partial charge on any atom is 0.119 e. The molecule has 16 heavy (non-hydrogen) atoms. The van der Waals surface area contributed by atoms with Crippen LogP contribution in [0.2, 0.25) is 0 Å². The van der Waals surface area contributed by atoms with Gasteiger partial charge < -0.3 is 14.6 Å². The highest BCUT2D eigenvalue weighted by atomic mass is 16.5. The van der Waals surface area contributed by atoms with Gasteiger partial charge in [0.2, 0.25) is 0 Å². The number of aliphatic hydroxyl groups excluding tert-OH is 1. The van der Waals surface area contributed by atoms with E-state index in [1.54, 1.807) is 31.4 Å². The van der Waals surface area contributed by atoms with Gasteiger partial charge in [-0.25, -0.2) is 0 Å². The van der Waals surface area contributed by atoms with Gasteiger partial charge in [-0.05, 0) is 30.7 Å². The lowest BCUT2D eigenvalue weighted by molar-refractivity contribution is 0.101. The molecule has 1 unspecified atom stereocenters. The summed E-state index contributed by atoms with van der Waals surface area (Å²) in [6.07, 6.45) is 0.182. The van der Waals surface area contributed by atoms with Crippen LogP contribution in [-0.4, -0.2) is 24.9 Å². The van der Waals surface area contributed by atoms with Crippen LogP contribution in [0.15, 0.2) is 24.3 Å². The smallest absolute Gasteiger partial charge is 0.119 e. The second kappa shape index (κ2) is 6.70. The average molecular weight is 221 g/mol. The fraction of sp³-hybridized carbons (Fsp3) is 0.417. The van der Waals surface area contributed by atoms with Crippen LogP contribution in [0, 0.1) is 11.3 Å². The molecule has 86 valence electrons. The van der Waals surface area contributed by atoms with E-state index in [1.165, 1.54) is 0 Å². The molecule has 0 aliphatic carbocycles. The summed E-state index contributed by atoms with van der Waals surface area (Å²) in [6, 6.07) is 9.10. The van der Waals surface area contributed by atoms with Crippen molar-refractivity contribution in [2.45, 2.75) is 18.9 Å². The topological polar surface area (TPSA) is 62.5 Å². The van der Waals surface area contributed by atoms with E-state index in [1.807, 2.05) is 6.07 Å². The molecule has 1 rings (SSSR count). The van der Waals surface area contributed by atoms with Gasteiger partial charge in [0.1, 0.15) is 18.1 Å². The molecular formula is C12H15NO3. The van der Waals surface area contributed by atoms with E-state index in [2.05, 4.69) is 0 Å². The minimum atomic E-state index is -0.596. The van der Waals surface area contributed by atoms with E-state index >= 15 is 0 Å². The van der Waals surface area contributed by atoms with E-state index < -0.39 is 6.10 Å². The standard InChI is InChI=1S/C12H15NO3/c1-15-11-4-6-12(7-5-11)16-9-10(14)3-2-8-13/h4-7,10,14H,2-3,9H2,1H3. The first-order valence-corrected chi connectivity index (χ1v) is 5.08. The highest BCUT2D eigenvalue weighted by Gasteiger charge is 2.04. The van der Waals surface area contributed by atoms with E-state index in [4.69, 9.17) is 14.7 Å². The first kappa shape index (κ1) is 12.3. The van der Waals surface area contributed by atoms with Crippen LogP contribution in [0.1, 0.15) is 12.8 Å². The zero-order chi connectivity index (χ0) is 11.8. The quantitative estimate of drug-likeness (QED) is 0.794. The van der Waals surface area contributed by atoms with Gasteiger partial charge in [0, 0.05) is 6.42 Å². The summed E-state index contributed by atoms with van der Waals surface area (Å²) in [7, 11) is 1.60. The van der Waals surface area contributed by atoms with Gasteiger partial charge in [-0.1, -0.05) is 0 Å². The molecule has 0 aliphatic heterocycles. The van der Waals surface area contributed by atoms with Crippen molar-refractivity contribution in [1.29, 1.82) is 5.26 Å². The Morgan fingerprint density at radius 2 is 1.94 bits per heavy atom. The van der Waals surface area contributed by atoms with Crippen LogP contribution in [0.4, 0.5) is 0 Å². The van der Waals surface area contributed by atoms with Crippen LogP contribution < -0.4 is 9.47 Å². The third kappa shape index (κ3) is 4.20. The largest absolute Gasteiger partial charge is 0.497 e. The number of methoxy groups -OCH3 is 1. The minimum Gasteiger partial charge on any atom is -0.497 e. The number of nitriles is 1. The highest BCUT2D eigenvalue weighted by molar-refractivity contribution is 5.31. The van der Waals surface area contributed by atoms with Crippen LogP contribution in [-0.2, 0) is 0 Å². The number of hydrogen-bond donors (Lipinski definition) is 1. The molecule has 0 radical (unpaired) electrons. The Morgan fingerprint density at radius 1 is 1.31 bits per heavy atom. The van der Waals surface area contributed by atoms with E-state index in [0.717, 1.165) is 5.75 Å². The van der Waals surface area contributed by atoms with Crippen LogP contribution >= 0.6 is 0 Å². The summed E-state index contributed by atoms with van der Waals surface area (Å²) in [5.74, 6) is 1.44. The Bertz CT molecular complexity index is 342. The Hall–Kier alpha value is -1.73. The number of aliphatic hydroxyl groups is 1. The van der Waals surface area contributed by atoms with Crippen molar-refractivity contribution in [1.82, 2.24) is 0 Å². The fourth-order valence-electron chi connectivity index (χ4n) is 1.18. The number of benzene rings is 1. The molecule has 1 aromatic carbocycles. The Labute approximate surface area is 95.0 Å². The monoisotopic (exact) mass is 221 g/mol. The highest BCUT2D eigenvalue weighted by Crippen LogP contribution is 2.17. The summed E-state index contributed by atoms with van der Waals surface area (Å²) in [6.45, 7) is 0.202. The van der Waals surface area contributed by atoms with Crippen molar-refractivity contribution >= 4 is 0 Å². The molecule has 0 spiro atoms. The van der Waals surface area contributed by atoms with Crippen molar-refractivity contribution < 1.29 is 14.6 Å². The molecule has 0 fully saturated rings. The zero-order valence-corrected chi connectivity index (χ0v) is 9.22. The molecule has 0 saturated carbocycles. The normalized spacial score (nSPS) is 11.6. The van der Waals surface area contributed by atoms with E-state index in [0.29, 0.717) is 18.6 Å². The van der Waals surface area contributed by atoms with E-state index in [-0.39, 0.29) is 6.61 Å². The van der Waals surface area contributed by atoms with Gasteiger partial charge in [-0.3, -0.25) is 0 Å². The molecule has 0 aromatic heterocycles. The lowest BCUT2D eigenvalue weighted by Crippen LogP contribution is -2.17. The number of rotatable bonds is 6. The Morgan fingerprint density at radius 3 is 2.50 bits per heavy atom. The summed E-state index contributed by atoms with van der Waals surface area (Å²) in [5, 5.41) is 17.8. The summed E-state index contributed by atoms with van der Waals surface area (Å²) < 4.78 is 10.4. The fourth-order valence-corrected chi connectivity index (χ4v) is 1.18. The van der Waals surface area contributed by atoms with Crippen LogP contribution in [0.5, 0.6) is 11.5 Å². The lowest BCUT2D eigenvalue weighted by Gasteiger charge is -2.11. The summed E-state index contributed by atoms with van der Waals surface area (Å²) in [5.41, 5.74) is 0. The zero-order valence-electron chi connectivity index (χ0n) is 9.22. The molecule has 0 saturated heterocycles. The SMILES string of the molecule is COc1ccc(OCC(O)CCC#N)cc1. The summed E-state index contributed by atoms with van der Waals surface area (Å²) >= 11 is 0. The van der Waals surface area contributed by atoms with Gasteiger partial charge in [0.15, 0.2) is 0 Å². The van der Waals surface area contributed by atoms with Gasteiger partial charge in [-0.2, -0.15) is 5.26 Å². The molecule has 1 aromatic rings. The molecule has 0 bridgehead atoms.